The summed E-state index contributed by atoms with van der Waals surface area (Å²) >= 11 is 0. The van der Waals surface area contributed by atoms with Crippen LogP contribution in [0.15, 0.2) is 0 Å². The van der Waals surface area contributed by atoms with Crippen LogP contribution in [0.3, 0.4) is 0 Å². The van der Waals surface area contributed by atoms with E-state index in [1.807, 2.05) is 32.6 Å². The minimum atomic E-state index is -0.459. The van der Waals surface area contributed by atoms with Gasteiger partial charge in [-0.2, -0.15) is 0 Å². The lowest BCUT2D eigenvalue weighted by Crippen LogP contribution is -2.53. The van der Waals surface area contributed by atoms with Crippen LogP contribution in [-0.2, 0) is 9.53 Å². The summed E-state index contributed by atoms with van der Waals surface area (Å²) in [6.45, 7) is 9.98. The van der Waals surface area contributed by atoms with Crippen molar-refractivity contribution in [3.8, 4) is 0 Å². The number of hydrogen-bond acceptors (Lipinski definition) is 3. The monoisotopic (exact) mass is 324 g/mol. The van der Waals surface area contributed by atoms with E-state index in [0.29, 0.717) is 24.9 Å². The first kappa shape index (κ1) is 18.1. The molecule has 2 unspecified atom stereocenters. The van der Waals surface area contributed by atoms with Crippen LogP contribution in [0.25, 0.3) is 0 Å². The average Bonchev–Trinajstić information content (AvgIpc) is 2.52. The summed E-state index contributed by atoms with van der Waals surface area (Å²) < 4.78 is 5.51. The SMILES string of the molecule is CCC(=O)N1CCCCC1C1CCCN(C(=O)OC(C)(C)C)C1. The number of hydrogen-bond donors (Lipinski definition) is 0. The van der Waals surface area contributed by atoms with Gasteiger partial charge in [0.15, 0.2) is 0 Å². The Kier molecular flexibility index (Phi) is 5.93. The molecule has 2 heterocycles. The van der Waals surface area contributed by atoms with Gasteiger partial charge in [-0.1, -0.05) is 6.92 Å². The van der Waals surface area contributed by atoms with Crippen LogP contribution >= 0.6 is 0 Å². The number of carbonyl (C=O) groups excluding carboxylic acids is 2. The van der Waals surface area contributed by atoms with Crippen molar-refractivity contribution in [2.75, 3.05) is 19.6 Å². The lowest BCUT2D eigenvalue weighted by molar-refractivity contribution is -0.136. The van der Waals surface area contributed by atoms with E-state index in [4.69, 9.17) is 4.74 Å². The minimum absolute atomic E-state index is 0.216. The van der Waals surface area contributed by atoms with Crippen molar-refractivity contribution in [3.05, 3.63) is 0 Å². The molecule has 5 nitrogen and oxygen atoms in total. The molecule has 2 fully saturated rings. The highest BCUT2D eigenvalue weighted by molar-refractivity contribution is 5.76. The summed E-state index contributed by atoms with van der Waals surface area (Å²) in [5.74, 6) is 0.635. The maximum Gasteiger partial charge on any atom is 0.410 e. The number of likely N-dealkylation sites (tertiary alicyclic amines) is 2. The summed E-state index contributed by atoms with van der Waals surface area (Å²) in [5.41, 5.74) is -0.459. The fourth-order valence-electron chi connectivity index (χ4n) is 3.78. The Morgan fingerprint density at radius 2 is 1.83 bits per heavy atom. The normalized spacial score (nSPS) is 26.1. The summed E-state index contributed by atoms with van der Waals surface area (Å²) in [4.78, 5) is 28.5. The van der Waals surface area contributed by atoms with Gasteiger partial charge in [-0.3, -0.25) is 4.79 Å². The zero-order valence-corrected chi connectivity index (χ0v) is 15.1. The van der Waals surface area contributed by atoms with Crippen molar-refractivity contribution in [2.24, 2.45) is 5.92 Å². The van der Waals surface area contributed by atoms with E-state index in [1.54, 1.807) is 0 Å². The molecule has 0 aliphatic carbocycles. The molecule has 2 amide bonds. The summed E-state index contributed by atoms with van der Waals surface area (Å²) in [6, 6.07) is 0.293. The quantitative estimate of drug-likeness (QED) is 0.782. The summed E-state index contributed by atoms with van der Waals surface area (Å²) in [6.07, 6.45) is 5.79. The molecule has 0 aromatic heterocycles. The zero-order valence-electron chi connectivity index (χ0n) is 15.1. The van der Waals surface area contributed by atoms with Gasteiger partial charge in [-0.25, -0.2) is 4.79 Å². The molecule has 0 spiro atoms. The Hall–Kier alpha value is -1.26. The number of amides is 2. The van der Waals surface area contributed by atoms with Gasteiger partial charge < -0.3 is 14.5 Å². The first-order valence-electron chi connectivity index (χ1n) is 9.09. The molecule has 0 aromatic carbocycles. The van der Waals surface area contributed by atoms with E-state index in [-0.39, 0.29) is 12.0 Å². The van der Waals surface area contributed by atoms with E-state index in [9.17, 15) is 9.59 Å². The molecule has 0 saturated carbocycles. The van der Waals surface area contributed by atoms with E-state index in [0.717, 1.165) is 38.8 Å². The number of nitrogens with zero attached hydrogens (tertiary/aromatic N) is 2. The maximum atomic E-state index is 12.3. The topological polar surface area (TPSA) is 49.9 Å². The van der Waals surface area contributed by atoms with Gasteiger partial charge in [0.25, 0.3) is 0 Å². The third-order valence-corrected chi connectivity index (χ3v) is 4.83. The van der Waals surface area contributed by atoms with Gasteiger partial charge >= 0.3 is 6.09 Å². The molecule has 0 bridgehead atoms. The van der Waals surface area contributed by atoms with E-state index in [1.165, 1.54) is 6.42 Å². The Morgan fingerprint density at radius 3 is 2.48 bits per heavy atom. The minimum Gasteiger partial charge on any atom is -0.444 e. The maximum absolute atomic E-state index is 12.3. The number of carbonyl (C=O) groups is 2. The Balaban J connectivity index is 2.01. The zero-order chi connectivity index (χ0) is 17.0. The van der Waals surface area contributed by atoms with Gasteiger partial charge in [0.2, 0.25) is 5.91 Å². The molecule has 2 atom stereocenters. The lowest BCUT2D eigenvalue weighted by Gasteiger charge is -2.44. The van der Waals surface area contributed by atoms with Gasteiger partial charge in [-0.05, 0) is 58.8 Å². The van der Waals surface area contributed by atoms with Crippen molar-refractivity contribution in [3.63, 3.8) is 0 Å². The second kappa shape index (κ2) is 7.54. The highest BCUT2D eigenvalue weighted by Gasteiger charge is 2.36. The molecule has 132 valence electrons. The van der Waals surface area contributed by atoms with Crippen molar-refractivity contribution in [1.82, 2.24) is 9.80 Å². The van der Waals surface area contributed by atoms with Gasteiger partial charge in [-0.15, -0.1) is 0 Å². The molecule has 2 aliphatic rings. The van der Waals surface area contributed by atoms with Crippen LogP contribution in [0.2, 0.25) is 0 Å². The van der Waals surface area contributed by atoms with Crippen LogP contribution in [0, 0.1) is 5.92 Å². The first-order chi connectivity index (χ1) is 10.8. The molecule has 2 rings (SSSR count). The van der Waals surface area contributed by atoms with Gasteiger partial charge in [0.1, 0.15) is 5.60 Å². The Labute approximate surface area is 140 Å². The molecule has 0 N–H and O–H groups in total. The molecule has 2 aliphatic heterocycles. The standard InChI is InChI=1S/C18H32N2O3/c1-5-16(21)20-12-7-6-10-15(20)14-9-8-11-19(13-14)17(22)23-18(2,3)4/h14-15H,5-13H2,1-4H3. The fourth-order valence-corrected chi connectivity index (χ4v) is 3.78. The second-order valence-corrected chi connectivity index (χ2v) is 7.83. The smallest absolute Gasteiger partial charge is 0.410 e. The van der Waals surface area contributed by atoms with Crippen molar-refractivity contribution < 1.29 is 14.3 Å². The predicted octanol–water partition coefficient (Wildman–Crippen LogP) is 3.42. The highest BCUT2D eigenvalue weighted by atomic mass is 16.6. The lowest BCUT2D eigenvalue weighted by atomic mass is 9.84. The van der Waals surface area contributed by atoms with E-state index < -0.39 is 5.60 Å². The van der Waals surface area contributed by atoms with Gasteiger partial charge in [0.05, 0.1) is 0 Å². The second-order valence-electron chi connectivity index (χ2n) is 7.83. The predicted molar refractivity (Wildman–Crippen MR) is 90.2 cm³/mol. The average molecular weight is 324 g/mol. The Morgan fingerprint density at radius 1 is 1.09 bits per heavy atom. The number of rotatable bonds is 2. The van der Waals surface area contributed by atoms with Crippen molar-refractivity contribution >= 4 is 12.0 Å². The van der Waals surface area contributed by atoms with Crippen molar-refractivity contribution in [1.29, 1.82) is 0 Å². The van der Waals surface area contributed by atoms with Crippen LogP contribution in [-0.4, -0.2) is 53.1 Å². The van der Waals surface area contributed by atoms with Crippen LogP contribution < -0.4 is 0 Å². The highest BCUT2D eigenvalue weighted by Crippen LogP contribution is 2.30. The molecular weight excluding hydrogens is 292 g/mol. The third kappa shape index (κ3) is 4.85. The van der Waals surface area contributed by atoms with Gasteiger partial charge in [0, 0.05) is 32.1 Å². The third-order valence-electron chi connectivity index (χ3n) is 4.83. The molecule has 2 saturated heterocycles. The Bertz CT molecular complexity index is 430. The number of ether oxygens (including phenoxy) is 1. The molecular formula is C18H32N2O3. The van der Waals surface area contributed by atoms with Crippen molar-refractivity contribution in [2.45, 2.75) is 77.9 Å². The van der Waals surface area contributed by atoms with E-state index >= 15 is 0 Å². The van der Waals surface area contributed by atoms with E-state index in [2.05, 4.69) is 4.90 Å². The summed E-state index contributed by atoms with van der Waals surface area (Å²) in [7, 11) is 0. The molecule has 5 heteroatoms. The molecule has 0 radical (unpaired) electrons. The molecule has 0 aromatic rings. The van der Waals surface area contributed by atoms with Crippen LogP contribution in [0.4, 0.5) is 4.79 Å². The fraction of sp³-hybridized carbons (Fsp3) is 0.889. The van der Waals surface area contributed by atoms with Crippen LogP contribution in [0.1, 0.15) is 66.2 Å². The van der Waals surface area contributed by atoms with Crippen LogP contribution in [0.5, 0.6) is 0 Å². The molecule has 23 heavy (non-hydrogen) atoms. The first-order valence-corrected chi connectivity index (χ1v) is 9.09. The largest absolute Gasteiger partial charge is 0.444 e. The number of piperidine rings is 2. The summed E-state index contributed by atoms with van der Waals surface area (Å²) in [5, 5.41) is 0.